The molecule has 2 atom stereocenters. The number of hydrogen-bond acceptors (Lipinski definition) is 5. The Morgan fingerprint density at radius 3 is 2.71 bits per heavy atom. The van der Waals surface area contributed by atoms with Crippen LogP contribution in [0.3, 0.4) is 0 Å². The van der Waals surface area contributed by atoms with Gasteiger partial charge in [0.15, 0.2) is 11.5 Å². The van der Waals surface area contributed by atoms with Crippen LogP contribution in [-0.2, 0) is 4.79 Å². The van der Waals surface area contributed by atoms with Gasteiger partial charge in [-0.1, -0.05) is 30.3 Å². The Morgan fingerprint density at radius 1 is 1.11 bits per heavy atom. The zero-order valence-corrected chi connectivity index (χ0v) is 15.3. The first-order valence-electron chi connectivity index (χ1n) is 8.90. The maximum absolute atomic E-state index is 13.2. The molecule has 28 heavy (non-hydrogen) atoms. The van der Waals surface area contributed by atoms with Gasteiger partial charge in [0.1, 0.15) is 11.8 Å². The Labute approximate surface area is 162 Å². The number of carbonyl (C=O) groups excluding carboxylic acids is 1. The number of ether oxygens (including phenoxy) is 1. The molecular weight excluding hydrogens is 354 g/mol. The fourth-order valence-electron chi connectivity index (χ4n) is 3.25. The molecule has 4 rings (SSSR count). The number of carbonyl (C=O) groups is 1. The van der Waals surface area contributed by atoms with Crippen molar-refractivity contribution in [2.75, 3.05) is 12.0 Å². The van der Waals surface area contributed by atoms with Crippen molar-refractivity contribution in [1.82, 2.24) is 0 Å². The number of benzene rings is 2. The van der Waals surface area contributed by atoms with Crippen molar-refractivity contribution in [1.29, 1.82) is 0 Å². The lowest BCUT2D eigenvalue weighted by Gasteiger charge is -2.33. The molecule has 2 aliphatic heterocycles. The van der Waals surface area contributed by atoms with Crippen molar-refractivity contribution in [3.8, 4) is 11.5 Å². The van der Waals surface area contributed by atoms with Crippen LogP contribution >= 0.6 is 0 Å². The van der Waals surface area contributed by atoms with Gasteiger partial charge in [-0.3, -0.25) is 19.7 Å². The minimum atomic E-state index is -0.424. The highest BCUT2D eigenvalue weighted by atomic mass is 16.5. The summed E-state index contributed by atoms with van der Waals surface area (Å²) in [5.41, 5.74) is 1.30. The van der Waals surface area contributed by atoms with Gasteiger partial charge >= 0.3 is 0 Å². The lowest BCUT2D eigenvalue weighted by atomic mass is 9.95. The molecule has 2 heterocycles. The van der Waals surface area contributed by atoms with Crippen LogP contribution in [0.4, 0.5) is 5.69 Å². The lowest BCUT2D eigenvalue weighted by Crippen LogP contribution is -2.49. The van der Waals surface area contributed by atoms with Gasteiger partial charge in [-0.15, -0.1) is 0 Å². The molecule has 2 aromatic rings. The highest BCUT2D eigenvalue weighted by molar-refractivity contribution is 6.26. The van der Waals surface area contributed by atoms with Gasteiger partial charge in [0.05, 0.1) is 18.8 Å². The molecule has 2 aromatic carbocycles. The Balaban J connectivity index is 1.76. The van der Waals surface area contributed by atoms with Crippen LogP contribution in [0.25, 0.3) is 6.08 Å². The molecule has 0 fully saturated rings. The minimum Gasteiger partial charge on any atom is -0.504 e. The first-order valence-corrected chi connectivity index (χ1v) is 8.90. The van der Waals surface area contributed by atoms with Crippen molar-refractivity contribution in [2.45, 2.75) is 6.04 Å². The Morgan fingerprint density at radius 2 is 1.93 bits per heavy atom. The predicted molar refractivity (Wildman–Crippen MR) is 110 cm³/mol. The first kappa shape index (κ1) is 17.7. The second kappa shape index (κ2) is 7.52. The van der Waals surface area contributed by atoms with Crippen LogP contribution in [0.5, 0.6) is 11.5 Å². The summed E-state index contributed by atoms with van der Waals surface area (Å²) >= 11 is 0. The Hall–Kier alpha value is -3.67. The summed E-state index contributed by atoms with van der Waals surface area (Å²) in [6.07, 6.45) is 8.57. The highest BCUT2D eigenvalue weighted by Crippen LogP contribution is 2.31. The second-order valence-electron chi connectivity index (χ2n) is 6.38. The van der Waals surface area contributed by atoms with E-state index in [0.29, 0.717) is 17.1 Å². The molecule has 1 unspecified atom stereocenters. The second-order valence-corrected chi connectivity index (χ2v) is 6.38. The van der Waals surface area contributed by atoms with Crippen molar-refractivity contribution < 1.29 is 14.6 Å². The number of aliphatic imine (C=N–C) groups is 2. The largest absolute Gasteiger partial charge is 0.504 e. The molecule has 0 saturated carbocycles. The SMILES string of the molecule is COc1cccc(/C=C/C2=NC3C=CN=C[C@@H]3C(=O)N2c2ccccc2)c1O. The monoisotopic (exact) mass is 373 g/mol. The van der Waals surface area contributed by atoms with Crippen LogP contribution in [0.2, 0.25) is 0 Å². The zero-order valence-electron chi connectivity index (χ0n) is 15.3. The maximum atomic E-state index is 13.2. The van der Waals surface area contributed by atoms with Crippen molar-refractivity contribution >= 4 is 29.7 Å². The number of phenolic OH excluding ortho intramolecular Hbond substituents is 1. The van der Waals surface area contributed by atoms with Gasteiger partial charge in [-0.05, 0) is 36.4 Å². The number of fused-ring (bicyclic) bond motifs is 1. The molecule has 0 aromatic heterocycles. The summed E-state index contributed by atoms with van der Waals surface area (Å²) in [7, 11) is 1.50. The number of nitrogens with zero attached hydrogens (tertiary/aromatic N) is 3. The van der Waals surface area contributed by atoms with E-state index in [1.165, 1.54) is 7.11 Å². The first-order chi connectivity index (χ1) is 13.7. The average molecular weight is 373 g/mol. The number of aromatic hydroxyl groups is 1. The van der Waals surface area contributed by atoms with E-state index < -0.39 is 5.92 Å². The normalized spacial score (nSPS) is 21.0. The highest BCUT2D eigenvalue weighted by Gasteiger charge is 2.37. The van der Waals surface area contributed by atoms with Crippen LogP contribution < -0.4 is 9.64 Å². The molecule has 6 heteroatoms. The summed E-state index contributed by atoms with van der Waals surface area (Å²) in [6, 6.07) is 14.3. The van der Waals surface area contributed by atoms with Crippen LogP contribution in [0.15, 0.2) is 76.9 Å². The predicted octanol–water partition coefficient (Wildman–Crippen LogP) is 3.44. The van der Waals surface area contributed by atoms with Gasteiger partial charge in [-0.25, -0.2) is 0 Å². The summed E-state index contributed by atoms with van der Waals surface area (Å²) in [5.74, 6) is 0.411. The fraction of sp³-hybridized carbons (Fsp3) is 0.136. The van der Waals surface area contributed by atoms with Gasteiger partial charge < -0.3 is 9.84 Å². The van der Waals surface area contributed by atoms with E-state index in [-0.39, 0.29) is 17.7 Å². The van der Waals surface area contributed by atoms with E-state index in [4.69, 9.17) is 9.73 Å². The van der Waals surface area contributed by atoms with Crippen LogP contribution in [0, 0.1) is 5.92 Å². The molecule has 1 N–H and O–H groups in total. The molecule has 0 aliphatic carbocycles. The summed E-state index contributed by atoms with van der Waals surface area (Å²) < 4.78 is 5.15. The molecule has 2 aliphatic rings. The molecule has 0 spiro atoms. The average Bonchev–Trinajstić information content (AvgIpc) is 2.74. The summed E-state index contributed by atoms with van der Waals surface area (Å²) in [4.78, 5) is 23.6. The number of para-hydroxylation sites is 2. The molecule has 0 saturated heterocycles. The number of methoxy groups -OCH3 is 1. The Bertz CT molecular complexity index is 1010. The van der Waals surface area contributed by atoms with Crippen molar-refractivity contribution in [3.05, 3.63) is 72.4 Å². The number of anilines is 1. The number of phenols is 1. The van der Waals surface area contributed by atoms with E-state index >= 15 is 0 Å². The van der Waals surface area contributed by atoms with Crippen molar-refractivity contribution in [3.63, 3.8) is 0 Å². The number of amidine groups is 1. The van der Waals surface area contributed by atoms with Crippen LogP contribution in [-0.4, -0.2) is 36.2 Å². The molecule has 6 nitrogen and oxygen atoms in total. The third-order valence-corrected chi connectivity index (χ3v) is 4.68. The summed E-state index contributed by atoms with van der Waals surface area (Å²) in [5, 5.41) is 10.3. The van der Waals surface area contributed by atoms with Crippen LogP contribution in [0.1, 0.15) is 5.56 Å². The van der Waals surface area contributed by atoms with Crippen molar-refractivity contribution in [2.24, 2.45) is 15.9 Å². The maximum Gasteiger partial charge on any atom is 0.243 e. The molecule has 0 bridgehead atoms. The zero-order chi connectivity index (χ0) is 19.5. The lowest BCUT2D eigenvalue weighted by molar-refractivity contribution is -0.119. The van der Waals surface area contributed by atoms with Gasteiger partial charge in [-0.2, -0.15) is 0 Å². The quantitative estimate of drug-likeness (QED) is 0.892. The van der Waals surface area contributed by atoms with E-state index in [1.807, 2.05) is 36.4 Å². The van der Waals surface area contributed by atoms with Gasteiger partial charge in [0.25, 0.3) is 0 Å². The van der Waals surface area contributed by atoms with E-state index in [1.54, 1.807) is 47.7 Å². The number of rotatable bonds is 4. The van der Waals surface area contributed by atoms with E-state index in [0.717, 1.165) is 5.69 Å². The topological polar surface area (TPSA) is 74.5 Å². The minimum absolute atomic E-state index is 0.0396. The van der Waals surface area contributed by atoms with E-state index in [9.17, 15) is 9.90 Å². The van der Waals surface area contributed by atoms with Gasteiger partial charge in [0.2, 0.25) is 5.91 Å². The number of amides is 1. The molecule has 0 radical (unpaired) electrons. The molecule has 140 valence electrons. The smallest absolute Gasteiger partial charge is 0.243 e. The Kier molecular flexibility index (Phi) is 4.76. The van der Waals surface area contributed by atoms with E-state index in [2.05, 4.69) is 4.99 Å². The third kappa shape index (κ3) is 3.20. The number of hydrogen-bond donors (Lipinski definition) is 1. The third-order valence-electron chi connectivity index (χ3n) is 4.68. The summed E-state index contributed by atoms with van der Waals surface area (Å²) in [6.45, 7) is 0. The van der Waals surface area contributed by atoms with Gasteiger partial charge in [0, 0.05) is 18.0 Å². The molecule has 1 amide bonds. The molecular formula is C22H19N3O3. The standard InChI is InChI=1S/C22H19N3O3/c1-28-19-9-5-6-15(21(19)26)10-11-20-24-18-12-13-23-14-17(18)22(27)25(20)16-7-3-2-4-8-16/h2-14,17-18,26H,1H3/b11-10+/t17-,18?/m0/s1. The fourth-order valence-corrected chi connectivity index (χ4v) is 3.25.